The number of ketones is 1. The van der Waals surface area contributed by atoms with Crippen LogP contribution in [0.15, 0.2) is 41.3 Å². The minimum atomic E-state index is -2.62. The lowest BCUT2D eigenvalue weighted by molar-refractivity contribution is -0.252. The van der Waals surface area contributed by atoms with Crippen molar-refractivity contribution in [3.63, 3.8) is 0 Å². The Kier molecular flexibility index (Phi) is 8.98. The number of amides is 2. The smallest absolute Gasteiger partial charge is 0.330 e. The number of carbonyl (C=O) groups excluding carboxylic acids is 3. The number of ether oxygens (including phenoxy) is 1. The quantitative estimate of drug-likeness (QED) is 0.337. The van der Waals surface area contributed by atoms with E-state index in [2.05, 4.69) is 10.6 Å². The van der Waals surface area contributed by atoms with Crippen molar-refractivity contribution in [1.82, 2.24) is 4.90 Å². The molecule has 0 aromatic heterocycles. The zero-order chi connectivity index (χ0) is 29.1. The summed E-state index contributed by atoms with van der Waals surface area (Å²) in [5.74, 6) is -5.09. The van der Waals surface area contributed by atoms with Gasteiger partial charge in [0.25, 0.3) is 5.91 Å². The van der Waals surface area contributed by atoms with Gasteiger partial charge in [0.15, 0.2) is 0 Å². The van der Waals surface area contributed by atoms with Gasteiger partial charge in [-0.1, -0.05) is 23.7 Å². The molecule has 2 aliphatic heterocycles. The minimum absolute atomic E-state index is 0.172. The Hall–Kier alpha value is -2.99. The summed E-state index contributed by atoms with van der Waals surface area (Å²) >= 11 is 7.81. The summed E-state index contributed by atoms with van der Waals surface area (Å²) in [7, 11) is 0. The van der Waals surface area contributed by atoms with Crippen molar-refractivity contribution in [3.8, 4) is 0 Å². The molecule has 5 rings (SSSR count). The number of carboxylic acid groups (broad SMARTS) is 1. The van der Waals surface area contributed by atoms with Gasteiger partial charge in [0.2, 0.25) is 11.7 Å². The summed E-state index contributed by atoms with van der Waals surface area (Å²) in [6, 6.07) is 9.82. The number of fused-ring (bicyclic) bond motifs is 1. The molecule has 2 fully saturated rings. The molecule has 1 saturated heterocycles. The maximum Gasteiger partial charge on any atom is 0.330 e. The van der Waals surface area contributed by atoms with Crippen molar-refractivity contribution in [2.24, 2.45) is 5.92 Å². The molecule has 1 aliphatic carbocycles. The third-order valence-corrected chi connectivity index (χ3v) is 9.11. The van der Waals surface area contributed by atoms with Crippen LogP contribution < -0.4 is 10.6 Å². The van der Waals surface area contributed by atoms with Crippen LogP contribution in [0, 0.1) is 5.92 Å². The number of thioether (sulfide) groups is 1. The van der Waals surface area contributed by atoms with Crippen LogP contribution in [-0.4, -0.2) is 64.5 Å². The number of carboxylic acids is 1. The number of benzene rings is 2. The van der Waals surface area contributed by atoms with Gasteiger partial charge < -0.3 is 20.5 Å². The van der Waals surface area contributed by atoms with Crippen LogP contribution in [0.2, 0.25) is 5.02 Å². The molecule has 0 radical (unpaired) electrons. The lowest BCUT2D eigenvalue weighted by Gasteiger charge is -2.37. The van der Waals surface area contributed by atoms with E-state index in [4.69, 9.17) is 16.3 Å². The van der Waals surface area contributed by atoms with E-state index in [-0.39, 0.29) is 23.1 Å². The molecule has 1 atom stereocenters. The zero-order valence-electron chi connectivity index (χ0n) is 22.3. The molecule has 0 bridgehead atoms. The van der Waals surface area contributed by atoms with Crippen LogP contribution in [0.5, 0.6) is 0 Å². The minimum Gasteiger partial charge on any atom is -0.481 e. The van der Waals surface area contributed by atoms with Gasteiger partial charge in [0, 0.05) is 24.4 Å². The molecule has 12 heteroatoms. The molecule has 218 valence electrons. The Bertz CT molecular complexity index is 1360. The molecule has 2 amide bonds. The van der Waals surface area contributed by atoms with Crippen molar-refractivity contribution < 1.29 is 33.4 Å². The van der Waals surface area contributed by atoms with E-state index in [9.17, 15) is 24.3 Å². The Labute approximate surface area is 246 Å². The average molecular weight is 604 g/mol. The second-order valence-corrected chi connectivity index (χ2v) is 12.0. The molecule has 0 spiro atoms. The van der Waals surface area contributed by atoms with Crippen LogP contribution in [0.3, 0.4) is 0 Å². The van der Waals surface area contributed by atoms with Gasteiger partial charge in [-0.2, -0.15) is 4.39 Å². The number of nitrogens with zero attached hydrogens (tertiary/aromatic N) is 1. The SMILES string of the molecule is O=C1CSc2cccc(C(=O)Nc3ccc(CC(=O)C(F)(O[C@H]4CC[C@H](C(=O)O)CC4)N4CCCC4)cc3Cl)c2N1. The molecule has 1 unspecified atom stereocenters. The largest absolute Gasteiger partial charge is 0.481 e. The number of aliphatic carboxylic acids is 1. The van der Waals surface area contributed by atoms with Crippen LogP contribution in [0.1, 0.15) is 54.4 Å². The number of alkyl halides is 1. The van der Waals surface area contributed by atoms with Gasteiger partial charge >= 0.3 is 11.9 Å². The number of hydrogen-bond donors (Lipinski definition) is 3. The molecular formula is C29H31ClFN3O6S. The number of carbonyl (C=O) groups is 4. The van der Waals surface area contributed by atoms with E-state index in [1.165, 1.54) is 22.7 Å². The lowest BCUT2D eigenvalue weighted by Crippen LogP contribution is -2.54. The lowest BCUT2D eigenvalue weighted by atomic mass is 9.87. The molecule has 2 heterocycles. The molecule has 2 aromatic carbocycles. The molecule has 2 aromatic rings. The number of likely N-dealkylation sites (tertiary alicyclic amines) is 1. The van der Waals surface area contributed by atoms with Gasteiger partial charge in [-0.3, -0.25) is 19.2 Å². The summed E-state index contributed by atoms with van der Waals surface area (Å²) in [6.45, 7) is 0.779. The fourth-order valence-electron chi connectivity index (χ4n) is 5.51. The van der Waals surface area contributed by atoms with E-state index in [1.807, 2.05) is 6.07 Å². The van der Waals surface area contributed by atoms with E-state index in [0.717, 1.165) is 17.7 Å². The molecule has 3 N–H and O–H groups in total. The van der Waals surface area contributed by atoms with Crippen LogP contribution >= 0.6 is 23.4 Å². The van der Waals surface area contributed by atoms with Gasteiger partial charge in [-0.25, -0.2) is 4.90 Å². The van der Waals surface area contributed by atoms with E-state index >= 15 is 4.39 Å². The Morgan fingerprint density at radius 1 is 1.15 bits per heavy atom. The van der Waals surface area contributed by atoms with Crippen LogP contribution in [-0.2, 0) is 25.5 Å². The Morgan fingerprint density at radius 2 is 1.88 bits per heavy atom. The van der Waals surface area contributed by atoms with E-state index in [1.54, 1.807) is 24.3 Å². The number of halogens is 2. The first-order valence-electron chi connectivity index (χ1n) is 13.7. The Balaban J connectivity index is 1.27. The number of rotatable bonds is 9. The Morgan fingerprint density at radius 3 is 2.56 bits per heavy atom. The predicted octanol–water partition coefficient (Wildman–Crippen LogP) is 5.13. The normalized spacial score (nSPS) is 22.3. The van der Waals surface area contributed by atoms with E-state index in [0.29, 0.717) is 61.3 Å². The van der Waals surface area contributed by atoms with Crippen molar-refractivity contribution in [1.29, 1.82) is 0 Å². The zero-order valence-corrected chi connectivity index (χ0v) is 23.9. The second-order valence-electron chi connectivity index (χ2n) is 10.6. The first kappa shape index (κ1) is 29.5. The molecule has 41 heavy (non-hydrogen) atoms. The molecule has 3 aliphatic rings. The van der Waals surface area contributed by atoms with E-state index < -0.39 is 35.7 Å². The summed E-state index contributed by atoms with van der Waals surface area (Å²) in [4.78, 5) is 51.8. The number of anilines is 2. The van der Waals surface area contributed by atoms with Crippen molar-refractivity contribution in [2.45, 2.75) is 61.9 Å². The first-order chi connectivity index (χ1) is 19.6. The molecule has 1 saturated carbocycles. The van der Waals surface area contributed by atoms with Gasteiger partial charge in [0.05, 0.1) is 39.7 Å². The summed E-state index contributed by atoms with van der Waals surface area (Å²) in [5.41, 5.74) is 1.50. The third kappa shape index (κ3) is 6.58. The molecule has 9 nitrogen and oxygen atoms in total. The highest BCUT2D eigenvalue weighted by atomic mass is 35.5. The van der Waals surface area contributed by atoms with Gasteiger partial charge in [-0.05, 0) is 68.4 Å². The maximum absolute atomic E-state index is 16.4. The highest BCUT2D eigenvalue weighted by Crippen LogP contribution is 2.36. The van der Waals surface area contributed by atoms with Gasteiger partial charge in [-0.15, -0.1) is 11.8 Å². The first-order valence-corrected chi connectivity index (χ1v) is 15.0. The fraction of sp³-hybridized carbons (Fsp3) is 0.448. The monoisotopic (exact) mass is 603 g/mol. The summed E-state index contributed by atoms with van der Waals surface area (Å²) < 4.78 is 22.3. The highest BCUT2D eigenvalue weighted by Gasteiger charge is 2.48. The van der Waals surface area contributed by atoms with Crippen molar-refractivity contribution >= 4 is 58.3 Å². The summed E-state index contributed by atoms with van der Waals surface area (Å²) in [5, 5.41) is 14.9. The van der Waals surface area contributed by atoms with Crippen LogP contribution in [0.4, 0.5) is 15.8 Å². The number of para-hydroxylation sites is 1. The van der Waals surface area contributed by atoms with Gasteiger partial charge in [0.1, 0.15) is 0 Å². The topological polar surface area (TPSA) is 125 Å². The molecular weight excluding hydrogens is 573 g/mol. The number of nitrogens with one attached hydrogen (secondary N) is 2. The number of hydrogen-bond acceptors (Lipinski definition) is 7. The standard InChI is InChI=1S/C29H31ClFN3O6S/c30-21-14-17(6-11-22(21)32-27(37)20-4-3-5-23-26(20)33-25(36)16-41-23)15-24(35)29(31,34-12-1-2-13-34)40-19-9-7-18(8-10-19)28(38)39/h3-6,11,14,18-19H,1-2,7-10,12-13,15-16H2,(H,32,37)(H,33,36)(H,38,39)/t18-,19-,29?. The van der Waals surface area contributed by atoms with Crippen molar-refractivity contribution in [3.05, 3.63) is 52.5 Å². The third-order valence-electron chi connectivity index (χ3n) is 7.74. The fourth-order valence-corrected chi connectivity index (χ4v) is 6.60. The maximum atomic E-state index is 16.4. The van der Waals surface area contributed by atoms with Crippen LogP contribution in [0.25, 0.3) is 0 Å². The predicted molar refractivity (Wildman–Crippen MR) is 153 cm³/mol. The second kappa shape index (κ2) is 12.5. The summed E-state index contributed by atoms with van der Waals surface area (Å²) in [6.07, 6.45) is 2.18. The highest BCUT2D eigenvalue weighted by molar-refractivity contribution is 8.00. The number of Topliss-reactive ketones (excluding diaryl/α,β-unsaturated/α-hetero) is 1. The van der Waals surface area contributed by atoms with Crippen molar-refractivity contribution in [2.75, 3.05) is 29.5 Å². The average Bonchev–Trinajstić information content (AvgIpc) is 3.50.